The van der Waals surface area contributed by atoms with E-state index in [-0.39, 0.29) is 11.8 Å². The zero-order chi connectivity index (χ0) is 25.3. The number of piperazine rings is 1. The Bertz CT molecular complexity index is 1180. The van der Waals surface area contributed by atoms with Gasteiger partial charge in [-0.1, -0.05) is 19.6 Å². The molecule has 1 aliphatic heterocycles. The normalized spacial score (nSPS) is 13.7. The van der Waals surface area contributed by atoms with E-state index < -0.39 is 0 Å². The van der Waals surface area contributed by atoms with Gasteiger partial charge < -0.3 is 25.0 Å². The van der Waals surface area contributed by atoms with Crippen LogP contribution in [0.15, 0.2) is 67.4 Å². The van der Waals surface area contributed by atoms with Gasteiger partial charge in [0.25, 0.3) is 5.88 Å². The Kier molecular flexibility index (Phi) is 8.36. The molecule has 9 nitrogen and oxygen atoms in total. The lowest BCUT2D eigenvalue weighted by Gasteiger charge is -2.36. The number of nitrogens with zero attached hydrogens (tertiary/aromatic N) is 4. The number of methoxy groups -OCH3 is 1. The predicted octanol–water partition coefficient (Wildman–Crippen LogP) is 4.68. The van der Waals surface area contributed by atoms with Crippen LogP contribution in [0.2, 0.25) is 0 Å². The summed E-state index contributed by atoms with van der Waals surface area (Å²) in [5.41, 5.74) is 2.66. The van der Waals surface area contributed by atoms with Crippen LogP contribution < -0.4 is 25.0 Å². The highest BCUT2D eigenvalue weighted by Gasteiger charge is 2.16. The molecule has 4 rings (SSSR count). The molecule has 1 saturated heterocycles. The van der Waals surface area contributed by atoms with Crippen LogP contribution in [0.3, 0.4) is 0 Å². The molecule has 1 aliphatic rings. The van der Waals surface area contributed by atoms with Crippen LogP contribution in [0.25, 0.3) is 0 Å². The number of amides is 1. The quantitative estimate of drug-likeness (QED) is 0.398. The highest BCUT2D eigenvalue weighted by atomic mass is 16.5. The molecule has 2 aromatic carbocycles. The number of anilines is 4. The molecule has 3 aromatic rings. The van der Waals surface area contributed by atoms with Crippen LogP contribution in [0.1, 0.15) is 13.3 Å². The first-order valence-corrected chi connectivity index (χ1v) is 12.0. The molecule has 0 aliphatic carbocycles. The van der Waals surface area contributed by atoms with Crippen molar-refractivity contribution in [1.82, 2.24) is 14.9 Å². The van der Waals surface area contributed by atoms with Crippen LogP contribution in [-0.4, -0.2) is 60.6 Å². The van der Waals surface area contributed by atoms with Crippen LogP contribution in [-0.2, 0) is 4.79 Å². The molecule has 1 fully saturated rings. The molecule has 188 valence electrons. The first-order valence-electron chi connectivity index (χ1n) is 12.0. The minimum Gasteiger partial charge on any atom is -0.490 e. The second kappa shape index (κ2) is 12.0. The zero-order valence-electron chi connectivity index (χ0n) is 20.7. The molecule has 1 aromatic heterocycles. The SMILES string of the molecule is C=CC(=O)Nc1cccc(Oc2nc(Nc3ccc(N4CCN(CCC)CC4)cc3)ncc2OC)c1. The van der Waals surface area contributed by atoms with Gasteiger partial charge in [0.05, 0.1) is 13.3 Å². The molecular weight excluding hydrogens is 456 g/mol. The lowest BCUT2D eigenvalue weighted by atomic mass is 10.2. The maximum Gasteiger partial charge on any atom is 0.267 e. The van der Waals surface area contributed by atoms with Crippen molar-refractivity contribution in [3.05, 3.63) is 67.4 Å². The zero-order valence-corrected chi connectivity index (χ0v) is 20.7. The Balaban J connectivity index is 1.43. The van der Waals surface area contributed by atoms with Crippen molar-refractivity contribution in [3.8, 4) is 17.4 Å². The van der Waals surface area contributed by atoms with Crippen molar-refractivity contribution in [1.29, 1.82) is 0 Å². The van der Waals surface area contributed by atoms with Gasteiger partial charge >= 0.3 is 0 Å². The second-order valence-corrected chi connectivity index (χ2v) is 8.39. The van der Waals surface area contributed by atoms with E-state index in [1.807, 2.05) is 12.1 Å². The van der Waals surface area contributed by atoms with Gasteiger partial charge in [-0.25, -0.2) is 4.98 Å². The van der Waals surface area contributed by atoms with E-state index in [0.717, 1.165) is 31.9 Å². The highest BCUT2D eigenvalue weighted by Crippen LogP contribution is 2.31. The third kappa shape index (κ3) is 6.51. The Morgan fingerprint density at radius 1 is 1.11 bits per heavy atom. The Labute approximate surface area is 211 Å². The third-order valence-corrected chi connectivity index (χ3v) is 5.84. The van der Waals surface area contributed by atoms with Crippen molar-refractivity contribution in [2.24, 2.45) is 0 Å². The minimum atomic E-state index is -0.303. The summed E-state index contributed by atoms with van der Waals surface area (Å²) in [7, 11) is 1.53. The van der Waals surface area contributed by atoms with Gasteiger partial charge in [-0.15, -0.1) is 0 Å². The first-order chi connectivity index (χ1) is 17.6. The number of hydrogen-bond acceptors (Lipinski definition) is 8. The maximum absolute atomic E-state index is 11.6. The van der Waals surface area contributed by atoms with Gasteiger partial charge in [0.15, 0.2) is 5.75 Å². The van der Waals surface area contributed by atoms with E-state index in [4.69, 9.17) is 9.47 Å². The van der Waals surface area contributed by atoms with Crippen molar-refractivity contribution in [2.45, 2.75) is 13.3 Å². The molecule has 0 bridgehead atoms. The molecule has 0 saturated carbocycles. The molecule has 2 N–H and O–H groups in total. The van der Waals surface area contributed by atoms with Gasteiger partial charge in [-0.05, 0) is 55.4 Å². The fourth-order valence-corrected chi connectivity index (χ4v) is 4.00. The summed E-state index contributed by atoms with van der Waals surface area (Å²) in [5, 5.41) is 5.93. The summed E-state index contributed by atoms with van der Waals surface area (Å²) in [6, 6.07) is 15.2. The van der Waals surface area contributed by atoms with Gasteiger partial charge in [0.2, 0.25) is 11.9 Å². The lowest BCUT2D eigenvalue weighted by molar-refractivity contribution is -0.111. The Hall–Kier alpha value is -4.11. The maximum atomic E-state index is 11.6. The molecule has 9 heteroatoms. The van der Waals surface area contributed by atoms with Crippen LogP contribution in [0, 0.1) is 0 Å². The van der Waals surface area contributed by atoms with E-state index in [0.29, 0.717) is 23.1 Å². The van der Waals surface area contributed by atoms with Crippen molar-refractivity contribution >= 4 is 28.9 Å². The van der Waals surface area contributed by atoms with E-state index in [2.05, 4.69) is 56.0 Å². The summed E-state index contributed by atoms with van der Waals surface area (Å²) < 4.78 is 11.3. The molecule has 0 unspecified atom stereocenters. The van der Waals surface area contributed by atoms with Crippen molar-refractivity contribution < 1.29 is 14.3 Å². The molecule has 36 heavy (non-hydrogen) atoms. The topological polar surface area (TPSA) is 91.8 Å². The molecule has 1 amide bonds. The number of carbonyl (C=O) groups excluding carboxylic acids is 1. The fourth-order valence-electron chi connectivity index (χ4n) is 4.00. The van der Waals surface area contributed by atoms with Gasteiger partial charge in [0, 0.05) is 49.3 Å². The van der Waals surface area contributed by atoms with E-state index >= 15 is 0 Å². The smallest absolute Gasteiger partial charge is 0.267 e. The molecule has 0 spiro atoms. The third-order valence-electron chi connectivity index (χ3n) is 5.84. The number of nitrogens with one attached hydrogen (secondary N) is 2. The Morgan fingerprint density at radius 3 is 2.58 bits per heavy atom. The summed E-state index contributed by atoms with van der Waals surface area (Å²) in [5.74, 6) is 1.21. The van der Waals surface area contributed by atoms with Gasteiger partial charge in [-0.3, -0.25) is 9.69 Å². The number of hydrogen-bond donors (Lipinski definition) is 2. The minimum absolute atomic E-state index is 0.253. The molecule has 0 atom stereocenters. The molecule has 0 radical (unpaired) electrons. The van der Waals surface area contributed by atoms with Crippen LogP contribution >= 0.6 is 0 Å². The molecular formula is C27H32N6O3. The van der Waals surface area contributed by atoms with E-state index in [9.17, 15) is 4.79 Å². The van der Waals surface area contributed by atoms with Crippen LogP contribution in [0.5, 0.6) is 17.4 Å². The highest BCUT2D eigenvalue weighted by molar-refractivity contribution is 5.98. The second-order valence-electron chi connectivity index (χ2n) is 8.39. The predicted molar refractivity (Wildman–Crippen MR) is 143 cm³/mol. The molecule has 2 heterocycles. The monoisotopic (exact) mass is 488 g/mol. The van der Waals surface area contributed by atoms with Crippen molar-refractivity contribution in [3.63, 3.8) is 0 Å². The number of benzene rings is 2. The summed E-state index contributed by atoms with van der Waals surface area (Å²) in [6.07, 6.45) is 3.96. The fraction of sp³-hybridized carbons (Fsp3) is 0.296. The van der Waals surface area contributed by atoms with Gasteiger partial charge in [-0.2, -0.15) is 4.98 Å². The lowest BCUT2D eigenvalue weighted by Crippen LogP contribution is -2.46. The van der Waals surface area contributed by atoms with Crippen LogP contribution in [0.4, 0.5) is 23.0 Å². The summed E-state index contributed by atoms with van der Waals surface area (Å²) in [4.78, 5) is 25.4. The standard InChI is InChI=1S/C27H32N6O3/c1-4-13-32-14-16-33(17-15-32)22-11-9-20(10-12-22)30-27-28-19-24(35-3)26(31-27)36-23-8-6-7-21(18-23)29-25(34)5-2/h5-12,18-19H,2,4,13-17H2,1,3H3,(H,29,34)(H,28,30,31). The largest absolute Gasteiger partial charge is 0.490 e. The summed E-state index contributed by atoms with van der Waals surface area (Å²) in [6.45, 7) is 11.1. The Morgan fingerprint density at radius 2 is 1.89 bits per heavy atom. The average molecular weight is 489 g/mol. The average Bonchev–Trinajstić information content (AvgIpc) is 2.90. The number of carbonyl (C=O) groups is 1. The number of aromatic nitrogens is 2. The summed E-state index contributed by atoms with van der Waals surface area (Å²) >= 11 is 0. The number of rotatable bonds is 10. The van der Waals surface area contributed by atoms with E-state index in [1.54, 1.807) is 30.5 Å². The number of ether oxygens (including phenoxy) is 2. The first kappa shape index (κ1) is 25.0. The van der Waals surface area contributed by atoms with Crippen molar-refractivity contribution in [2.75, 3.05) is 55.4 Å². The van der Waals surface area contributed by atoms with E-state index in [1.165, 1.54) is 31.8 Å². The van der Waals surface area contributed by atoms with Gasteiger partial charge in [0.1, 0.15) is 5.75 Å².